The SMILES string of the molecule is O=C(O)c1cc(-c2ccc(C(=O)N3CCCCC3)cc2)cc(C(F)(F)F)c1. The molecule has 0 saturated carbocycles. The van der Waals surface area contributed by atoms with Crippen LogP contribution in [0.1, 0.15) is 45.5 Å². The highest BCUT2D eigenvalue weighted by atomic mass is 19.4. The third-order valence-corrected chi connectivity index (χ3v) is 4.62. The van der Waals surface area contributed by atoms with Crippen molar-refractivity contribution >= 4 is 11.9 Å². The monoisotopic (exact) mass is 377 g/mol. The van der Waals surface area contributed by atoms with Crippen LogP contribution in [0.15, 0.2) is 42.5 Å². The summed E-state index contributed by atoms with van der Waals surface area (Å²) in [5.41, 5.74) is -0.441. The van der Waals surface area contributed by atoms with Gasteiger partial charge in [-0.05, 0) is 60.7 Å². The van der Waals surface area contributed by atoms with E-state index >= 15 is 0 Å². The first-order chi connectivity index (χ1) is 12.8. The first-order valence-electron chi connectivity index (χ1n) is 8.61. The number of piperidine rings is 1. The molecule has 0 aromatic heterocycles. The van der Waals surface area contributed by atoms with E-state index in [1.165, 1.54) is 18.2 Å². The van der Waals surface area contributed by atoms with Crippen molar-refractivity contribution in [2.45, 2.75) is 25.4 Å². The zero-order chi connectivity index (χ0) is 19.6. The second-order valence-electron chi connectivity index (χ2n) is 6.53. The predicted molar refractivity (Wildman–Crippen MR) is 93.6 cm³/mol. The predicted octanol–water partition coefficient (Wildman–Crippen LogP) is 4.70. The van der Waals surface area contributed by atoms with Gasteiger partial charge in [0, 0.05) is 18.7 Å². The molecule has 2 aromatic rings. The standard InChI is InChI=1S/C20H18F3NO3/c21-20(22,23)17-11-15(10-16(12-17)19(26)27)13-4-6-14(7-5-13)18(25)24-8-2-1-3-9-24/h4-7,10-12H,1-3,8-9H2,(H,26,27). The maximum Gasteiger partial charge on any atom is 0.416 e. The molecule has 4 nitrogen and oxygen atoms in total. The van der Waals surface area contributed by atoms with Gasteiger partial charge < -0.3 is 10.0 Å². The number of carboxylic acids is 1. The van der Waals surface area contributed by atoms with Gasteiger partial charge in [-0.1, -0.05) is 12.1 Å². The van der Waals surface area contributed by atoms with Gasteiger partial charge in [0.05, 0.1) is 11.1 Å². The van der Waals surface area contributed by atoms with Crippen LogP contribution in [0.2, 0.25) is 0 Å². The first kappa shape index (κ1) is 18.9. The molecule has 0 atom stereocenters. The number of carbonyl (C=O) groups is 2. The Balaban J connectivity index is 1.91. The lowest BCUT2D eigenvalue weighted by Gasteiger charge is -2.26. The van der Waals surface area contributed by atoms with E-state index in [1.807, 2.05) is 0 Å². The fourth-order valence-corrected chi connectivity index (χ4v) is 3.17. The van der Waals surface area contributed by atoms with Crippen LogP contribution >= 0.6 is 0 Å². The Bertz CT molecular complexity index is 854. The highest BCUT2D eigenvalue weighted by molar-refractivity contribution is 5.95. The van der Waals surface area contributed by atoms with Gasteiger partial charge in [-0.3, -0.25) is 4.79 Å². The molecule has 0 bridgehead atoms. The lowest BCUT2D eigenvalue weighted by molar-refractivity contribution is -0.137. The number of alkyl halides is 3. The Morgan fingerprint density at radius 1 is 0.852 bits per heavy atom. The number of likely N-dealkylation sites (tertiary alicyclic amines) is 1. The Hall–Kier alpha value is -2.83. The number of hydrogen-bond donors (Lipinski definition) is 1. The molecule has 1 aliphatic rings. The first-order valence-corrected chi connectivity index (χ1v) is 8.61. The quantitative estimate of drug-likeness (QED) is 0.844. The third kappa shape index (κ3) is 4.30. The number of amides is 1. The summed E-state index contributed by atoms with van der Waals surface area (Å²) in [6.07, 6.45) is -1.62. The van der Waals surface area contributed by atoms with Crippen LogP contribution in [0.3, 0.4) is 0 Å². The van der Waals surface area contributed by atoms with Crippen molar-refractivity contribution in [3.8, 4) is 11.1 Å². The number of halogens is 3. The summed E-state index contributed by atoms with van der Waals surface area (Å²) in [7, 11) is 0. The summed E-state index contributed by atoms with van der Waals surface area (Å²) in [5.74, 6) is -1.53. The van der Waals surface area contributed by atoms with Crippen LogP contribution in [0.4, 0.5) is 13.2 Å². The third-order valence-electron chi connectivity index (χ3n) is 4.62. The number of rotatable bonds is 3. The highest BCUT2D eigenvalue weighted by Crippen LogP contribution is 2.33. The topological polar surface area (TPSA) is 57.6 Å². The van der Waals surface area contributed by atoms with E-state index in [-0.39, 0.29) is 11.5 Å². The fraction of sp³-hybridized carbons (Fsp3) is 0.300. The van der Waals surface area contributed by atoms with E-state index in [9.17, 15) is 22.8 Å². The summed E-state index contributed by atoms with van der Waals surface area (Å²) in [6.45, 7) is 1.41. The molecular weight excluding hydrogens is 359 g/mol. The number of carbonyl (C=O) groups excluding carboxylic acids is 1. The van der Waals surface area contributed by atoms with Crippen LogP contribution in [-0.4, -0.2) is 35.0 Å². The van der Waals surface area contributed by atoms with Crippen LogP contribution in [0, 0.1) is 0 Å². The minimum atomic E-state index is -4.65. The Labute approximate surface area is 154 Å². The van der Waals surface area contributed by atoms with Crippen LogP contribution < -0.4 is 0 Å². The van der Waals surface area contributed by atoms with E-state index < -0.39 is 23.3 Å². The molecule has 1 amide bonds. The van der Waals surface area contributed by atoms with Crippen LogP contribution in [0.25, 0.3) is 11.1 Å². The molecule has 0 spiro atoms. The van der Waals surface area contributed by atoms with Crippen LogP contribution in [-0.2, 0) is 6.18 Å². The Morgan fingerprint density at radius 2 is 1.48 bits per heavy atom. The summed E-state index contributed by atoms with van der Waals surface area (Å²) < 4.78 is 39.2. The zero-order valence-electron chi connectivity index (χ0n) is 14.4. The molecule has 7 heteroatoms. The second-order valence-corrected chi connectivity index (χ2v) is 6.53. The number of benzene rings is 2. The van der Waals surface area contributed by atoms with Gasteiger partial charge >= 0.3 is 12.1 Å². The number of carboxylic acid groups (broad SMARTS) is 1. The average Bonchev–Trinajstić information content (AvgIpc) is 2.67. The summed E-state index contributed by atoms with van der Waals surface area (Å²) in [6, 6.07) is 8.92. The zero-order valence-corrected chi connectivity index (χ0v) is 14.4. The highest BCUT2D eigenvalue weighted by Gasteiger charge is 2.32. The molecule has 27 heavy (non-hydrogen) atoms. The van der Waals surface area contributed by atoms with E-state index in [0.29, 0.717) is 30.3 Å². The van der Waals surface area contributed by atoms with Crippen molar-refractivity contribution in [2.24, 2.45) is 0 Å². The fourth-order valence-electron chi connectivity index (χ4n) is 3.17. The van der Waals surface area contributed by atoms with Gasteiger partial charge in [0.1, 0.15) is 0 Å². The van der Waals surface area contributed by atoms with Crippen molar-refractivity contribution in [3.63, 3.8) is 0 Å². The van der Waals surface area contributed by atoms with Gasteiger partial charge in [0.2, 0.25) is 0 Å². The molecule has 1 saturated heterocycles. The molecular formula is C20H18F3NO3. The van der Waals surface area contributed by atoms with Gasteiger partial charge in [0.15, 0.2) is 0 Å². The summed E-state index contributed by atoms with van der Waals surface area (Å²) in [4.78, 5) is 25.4. The maximum atomic E-state index is 13.1. The average molecular weight is 377 g/mol. The van der Waals surface area contributed by atoms with Gasteiger partial charge in [-0.2, -0.15) is 13.2 Å². The number of hydrogen-bond acceptors (Lipinski definition) is 2. The molecule has 0 aliphatic carbocycles. The van der Waals surface area contributed by atoms with E-state index in [1.54, 1.807) is 17.0 Å². The molecule has 0 unspecified atom stereocenters. The van der Waals surface area contributed by atoms with Crippen molar-refractivity contribution in [3.05, 3.63) is 59.2 Å². The van der Waals surface area contributed by atoms with Crippen LogP contribution in [0.5, 0.6) is 0 Å². The van der Waals surface area contributed by atoms with E-state index in [4.69, 9.17) is 5.11 Å². The Morgan fingerprint density at radius 3 is 2.04 bits per heavy atom. The molecule has 1 N–H and O–H groups in total. The lowest BCUT2D eigenvalue weighted by atomic mass is 9.98. The minimum Gasteiger partial charge on any atom is -0.478 e. The van der Waals surface area contributed by atoms with Crippen molar-refractivity contribution in [1.29, 1.82) is 0 Å². The molecule has 3 rings (SSSR count). The smallest absolute Gasteiger partial charge is 0.416 e. The van der Waals surface area contributed by atoms with Gasteiger partial charge in [-0.25, -0.2) is 4.79 Å². The molecule has 0 radical (unpaired) electrons. The minimum absolute atomic E-state index is 0.100. The molecule has 1 fully saturated rings. The molecule has 142 valence electrons. The number of nitrogens with zero attached hydrogens (tertiary/aromatic N) is 1. The van der Waals surface area contributed by atoms with Crippen molar-refractivity contribution in [2.75, 3.05) is 13.1 Å². The van der Waals surface area contributed by atoms with E-state index in [0.717, 1.165) is 25.3 Å². The summed E-state index contributed by atoms with van der Waals surface area (Å²) >= 11 is 0. The molecule has 1 heterocycles. The van der Waals surface area contributed by atoms with Gasteiger partial charge in [0.25, 0.3) is 5.91 Å². The number of aromatic carboxylic acids is 1. The van der Waals surface area contributed by atoms with Gasteiger partial charge in [-0.15, -0.1) is 0 Å². The molecule has 2 aromatic carbocycles. The molecule has 1 aliphatic heterocycles. The largest absolute Gasteiger partial charge is 0.478 e. The summed E-state index contributed by atoms with van der Waals surface area (Å²) in [5, 5.41) is 9.09. The lowest BCUT2D eigenvalue weighted by Crippen LogP contribution is -2.35. The normalized spacial score (nSPS) is 14.9. The van der Waals surface area contributed by atoms with Crippen molar-refractivity contribution in [1.82, 2.24) is 4.90 Å². The van der Waals surface area contributed by atoms with E-state index in [2.05, 4.69) is 0 Å². The Kier molecular flexibility index (Phi) is 5.21. The van der Waals surface area contributed by atoms with Crippen molar-refractivity contribution < 1.29 is 27.9 Å². The maximum absolute atomic E-state index is 13.1. The second kappa shape index (κ2) is 7.42.